The Hall–Kier alpha value is -2.56. The average molecular weight is 493 g/mol. The third-order valence-electron chi connectivity index (χ3n) is 5.42. The Morgan fingerprint density at radius 2 is 1.73 bits per heavy atom. The van der Waals surface area contributed by atoms with Gasteiger partial charge in [0.1, 0.15) is 5.71 Å². The van der Waals surface area contributed by atoms with Gasteiger partial charge in [0.2, 0.25) is 0 Å². The SMILES string of the molecule is Cc1ccc(S(=O)(=O)O)cc1CCCN=C1C(=O)N(C(C)(C)C)S(=O)(=O)C1c1ccccc1. The minimum atomic E-state index is -4.31. The highest BCUT2D eigenvalue weighted by molar-refractivity contribution is 7.92. The van der Waals surface area contributed by atoms with Gasteiger partial charge in [-0.1, -0.05) is 36.4 Å². The number of carbonyl (C=O) groups excluding carboxylic acids is 1. The van der Waals surface area contributed by atoms with Gasteiger partial charge in [0.15, 0.2) is 5.25 Å². The monoisotopic (exact) mass is 492 g/mol. The molecule has 2 aromatic rings. The molecule has 178 valence electrons. The lowest BCUT2D eigenvalue weighted by Gasteiger charge is -2.30. The molecule has 1 amide bonds. The first kappa shape index (κ1) is 25.1. The fraction of sp³-hybridized carbons (Fsp3) is 0.391. The fourth-order valence-corrected chi connectivity index (χ4v) is 6.71. The molecule has 1 aliphatic heterocycles. The Bertz CT molecular complexity index is 1290. The van der Waals surface area contributed by atoms with Gasteiger partial charge in [0, 0.05) is 6.54 Å². The number of aliphatic imine (C=N–C) groups is 1. The van der Waals surface area contributed by atoms with Crippen molar-refractivity contribution in [3.63, 3.8) is 0 Å². The van der Waals surface area contributed by atoms with Crippen molar-refractivity contribution < 1.29 is 26.2 Å². The van der Waals surface area contributed by atoms with Crippen molar-refractivity contribution in [2.24, 2.45) is 4.99 Å². The second-order valence-electron chi connectivity index (χ2n) is 9.01. The average Bonchev–Trinajstić information content (AvgIpc) is 2.90. The smallest absolute Gasteiger partial charge is 0.282 e. The normalized spacial score (nSPS) is 19.9. The molecule has 0 spiro atoms. The van der Waals surface area contributed by atoms with Gasteiger partial charge in [0.05, 0.1) is 10.4 Å². The predicted octanol–water partition coefficient (Wildman–Crippen LogP) is 3.33. The Morgan fingerprint density at radius 3 is 2.30 bits per heavy atom. The zero-order valence-corrected chi connectivity index (χ0v) is 20.6. The first-order valence-corrected chi connectivity index (χ1v) is 13.4. The number of rotatable bonds is 6. The molecule has 2 aromatic carbocycles. The van der Waals surface area contributed by atoms with E-state index in [4.69, 9.17) is 0 Å². The van der Waals surface area contributed by atoms with E-state index in [1.54, 1.807) is 57.2 Å². The summed E-state index contributed by atoms with van der Waals surface area (Å²) >= 11 is 0. The maximum atomic E-state index is 13.3. The van der Waals surface area contributed by atoms with E-state index in [1.807, 2.05) is 6.92 Å². The third kappa shape index (κ3) is 5.18. The van der Waals surface area contributed by atoms with E-state index in [1.165, 1.54) is 12.1 Å². The topological polar surface area (TPSA) is 121 Å². The van der Waals surface area contributed by atoms with Crippen molar-refractivity contribution in [1.29, 1.82) is 0 Å². The summed E-state index contributed by atoms with van der Waals surface area (Å²) in [6, 6.07) is 12.9. The van der Waals surface area contributed by atoms with E-state index in [0.29, 0.717) is 18.4 Å². The Morgan fingerprint density at radius 1 is 1.09 bits per heavy atom. The number of hydrogen-bond donors (Lipinski definition) is 1. The number of carbonyl (C=O) groups is 1. The summed E-state index contributed by atoms with van der Waals surface area (Å²) in [4.78, 5) is 17.4. The molecular weight excluding hydrogens is 464 g/mol. The van der Waals surface area contributed by atoms with Crippen LogP contribution in [0.3, 0.4) is 0 Å². The second-order valence-corrected chi connectivity index (χ2v) is 12.3. The Kier molecular flexibility index (Phi) is 6.84. The number of hydrogen-bond acceptors (Lipinski definition) is 6. The van der Waals surface area contributed by atoms with Crippen LogP contribution in [0, 0.1) is 6.92 Å². The van der Waals surface area contributed by atoms with Gasteiger partial charge in [-0.05, 0) is 69.4 Å². The van der Waals surface area contributed by atoms with Gasteiger partial charge in [-0.2, -0.15) is 8.42 Å². The summed E-state index contributed by atoms with van der Waals surface area (Å²) < 4.78 is 59.7. The molecule has 10 heteroatoms. The number of amides is 1. The van der Waals surface area contributed by atoms with E-state index < -0.39 is 36.8 Å². The van der Waals surface area contributed by atoms with E-state index >= 15 is 0 Å². The minimum Gasteiger partial charge on any atom is -0.282 e. The van der Waals surface area contributed by atoms with Gasteiger partial charge in [-0.3, -0.25) is 14.3 Å². The number of sulfonamides is 1. The summed E-state index contributed by atoms with van der Waals surface area (Å²) in [6.45, 7) is 7.01. The van der Waals surface area contributed by atoms with Crippen LogP contribution in [0.4, 0.5) is 0 Å². The summed E-state index contributed by atoms with van der Waals surface area (Å²) in [6.07, 6.45) is 0.912. The van der Waals surface area contributed by atoms with Crippen LogP contribution in [0.25, 0.3) is 0 Å². The largest absolute Gasteiger partial charge is 0.294 e. The highest BCUT2D eigenvalue weighted by Crippen LogP contribution is 2.38. The molecule has 0 radical (unpaired) electrons. The van der Waals surface area contributed by atoms with Crippen LogP contribution in [-0.4, -0.2) is 49.4 Å². The first-order valence-electron chi connectivity index (χ1n) is 10.5. The lowest BCUT2D eigenvalue weighted by atomic mass is 10.0. The molecular formula is C23H28N2O6S2. The van der Waals surface area contributed by atoms with Gasteiger partial charge >= 0.3 is 0 Å². The van der Waals surface area contributed by atoms with Crippen LogP contribution in [0.2, 0.25) is 0 Å². The molecule has 1 atom stereocenters. The molecule has 0 aliphatic carbocycles. The van der Waals surface area contributed by atoms with Crippen molar-refractivity contribution in [3.05, 3.63) is 65.2 Å². The number of benzene rings is 2. The molecule has 1 saturated heterocycles. The molecule has 8 nitrogen and oxygen atoms in total. The summed E-state index contributed by atoms with van der Waals surface area (Å²) in [5, 5.41) is -1.17. The van der Waals surface area contributed by atoms with Crippen LogP contribution in [0.5, 0.6) is 0 Å². The molecule has 33 heavy (non-hydrogen) atoms. The molecule has 0 saturated carbocycles. The zero-order chi connectivity index (χ0) is 24.6. The van der Waals surface area contributed by atoms with Gasteiger partial charge < -0.3 is 0 Å². The van der Waals surface area contributed by atoms with Crippen LogP contribution in [-0.2, 0) is 31.4 Å². The molecule has 1 heterocycles. The maximum absolute atomic E-state index is 13.3. The first-order chi connectivity index (χ1) is 15.2. The lowest BCUT2D eigenvalue weighted by molar-refractivity contribution is -0.122. The van der Waals surface area contributed by atoms with Gasteiger partial charge in [-0.25, -0.2) is 12.7 Å². The van der Waals surface area contributed by atoms with Crippen molar-refractivity contribution >= 4 is 31.8 Å². The molecule has 0 aromatic heterocycles. The van der Waals surface area contributed by atoms with Crippen molar-refractivity contribution in [2.75, 3.05) is 6.54 Å². The highest BCUT2D eigenvalue weighted by Gasteiger charge is 2.54. The van der Waals surface area contributed by atoms with Crippen molar-refractivity contribution in [3.8, 4) is 0 Å². The molecule has 1 unspecified atom stereocenters. The van der Waals surface area contributed by atoms with Crippen molar-refractivity contribution in [1.82, 2.24) is 4.31 Å². The summed E-state index contributed by atoms with van der Waals surface area (Å²) in [5.74, 6) is -0.624. The molecule has 1 N–H and O–H groups in total. The quantitative estimate of drug-likeness (QED) is 0.488. The van der Waals surface area contributed by atoms with Gasteiger partial charge in [-0.15, -0.1) is 0 Å². The molecule has 0 bridgehead atoms. The number of aryl methyl sites for hydroxylation is 2. The zero-order valence-electron chi connectivity index (χ0n) is 19.0. The van der Waals surface area contributed by atoms with Crippen LogP contribution in [0.1, 0.15) is 49.1 Å². The third-order valence-corrected chi connectivity index (χ3v) is 8.58. The second kappa shape index (κ2) is 9.00. The minimum absolute atomic E-state index is 0.0143. The Balaban J connectivity index is 1.89. The maximum Gasteiger partial charge on any atom is 0.294 e. The standard InChI is InChI=1S/C23H28N2O6S2/c1-16-12-13-19(33(29,30)31)15-18(16)11-8-14-24-20-21(17-9-6-5-7-10-17)32(27,28)25(22(20)26)23(2,3)4/h5-7,9-10,12-13,15,21H,8,11,14H2,1-4H3,(H,29,30,31). The molecule has 1 aliphatic rings. The molecule has 1 fully saturated rings. The molecule has 3 rings (SSSR count). The van der Waals surface area contributed by atoms with Crippen LogP contribution < -0.4 is 0 Å². The van der Waals surface area contributed by atoms with E-state index in [2.05, 4.69) is 4.99 Å². The highest BCUT2D eigenvalue weighted by atomic mass is 32.2. The van der Waals surface area contributed by atoms with E-state index in [9.17, 15) is 26.2 Å². The lowest BCUT2D eigenvalue weighted by Crippen LogP contribution is -2.45. The van der Waals surface area contributed by atoms with Crippen LogP contribution in [0.15, 0.2) is 58.4 Å². The Labute approximate surface area is 195 Å². The predicted molar refractivity (Wildman–Crippen MR) is 126 cm³/mol. The van der Waals surface area contributed by atoms with Gasteiger partial charge in [0.25, 0.3) is 26.0 Å². The number of nitrogens with zero attached hydrogens (tertiary/aromatic N) is 2. The van der Waals surface area contributed by atoms with Crippen LogP contribution >= 0.6 is 0 Å². The summed E-state index contributed by atoms with van der Waals surface area (Å²) in [7, 11) is -8.30. The van der Waals surface area contributed by atoms with Crippen molar-refractivity contribution in [2.45, 2.75) is 56.2 Å². The van der Waals surface area contributed by atoms with E-state index in [-0.39, 0.29) is 17.2 Å². The summed E-state index contributed by atoms with van der Waals surface area (Å²) in [5.41, 5.74) is 1.11. The van der Waals surface area contributed by atoms with E-state index in [0.717, 1.165) is 15.4 Å². The fourth-order valence-electron chi connectivity index (χ4n) is 3.92.